The predicted molar refractivity (Wildman–Crippen MR) is 97.4 cm³/mol. The van der Waals surface area contributed by atoms with Gasteiger partial charge in [-0.1, -0.05) is 25.0 Å². The van der Waals surface area contributed by atoms with Crippen molar-refractivity contribution < 1.29 is 4.74 Å². The van der Waals surface area contributed by atoms with Crippen molar-refractivity contribution in [2.24, 2.45) is 0 Å². The summed E-state index contributed by atoms with van der Waals surface area (Å²) in [6.45, 7) is 13.7. The maximum Gasteiger partial charge on any atom is 0.0483 e. The van der Waals surface area contributed by atoms with E-state index in [9.17, 15) is 0 Å². The van der Waals surface area contributed by atoms with Gasteiger partial charge in [0.1, 0.15) is 0 Å². The van der Waals surface area contributed by atoms with E-state index in [0.29, 0.717) is 5.54 Å². The number of terminal acetylenes is 1. The van der Waals surface area contributed by atoms with Gasteiger partial charge in [0.05, 0.1) is 0 Å². The second-order valence-corrected chi connectivity index (χ2v) is 6.76. The minimum atomic E-state index is 0.371. The molecule has 0 saturated carbocycles. The van der Waals surface area contributed by atoms with Crippen molar-refractivity contribution in [1.82, 2.24) is 9.80 Å². The summed E-state index contributed by atoms with van der Waals surface area (Å²) in [5.74, 6) is 2.88. The lowest BCUT2D eigenvalue weighted by atomic mass is 9.85. The normalized spacial score (nSPS) is 24.4. The summed E-state index contributed by atoms with van der Waals surface area (Å²) in [6, 6.07) is 0. The highest BCUT2D eigenvalue weighted by Crippen LogP contribution is 2.32. The van der Waals surface area contributed by atoms with Crippen LogP contribution in [-0.4, -0.2) is 61.3 Å². The third kappa shape index (κ3) is 4.47. The molecule has 0 N–H and O–H groups in total. The molecule has 0 radical (unpaired) electrons. The van der Waals surface area contributed by atoms with Crippen LogP contribution in [0.25, 0.3) is 0 Å². The van der Waals surface area contributed by atoms with Crippen LogP contribution in [0.2, 0.25) is 0 Å². The van der Waals surface area contributed by atoms with E-state index in [4.69, 9.17) is 11.2 Å². The maximum absolute atomic E-state index is 5.72. The van der Waals surface area contributed by atoms with Crippen LogP contribution in [0.4, 0.5) is 0 Å². The van der Waals surface area contributed by atoms with Gasteiger partial charge in [-0.15, -0.1) is 6.42 Å². The zero-order valence-corrected chi connectivity index (χ0v) is 15.1. The van der Waals surface area contributed by atoms with Crippen LogP contribution >= 0.6 is 0 Å². The molecule has 23 heavy (non-hydrogen) atoms. The predicted octanol–water partition coefficient (Wildman–Crippen LogP) is 3.09. The van der Waals surface area contributed by atoms with E-state index in [0.717, 1.165) is 51.5 Å². The van der Waals surface area contributed by atoms with Crippen molar-refractivity contribution in [1.29, 1.82) is 0 Å². The molecule has 0 unspecified atom stereocenters. The Bertz CT molecular complexity index is 472. The molecule has 0 aliphatic carbocycles. The van der Waals surface area contributed by atoms with E-state index >= 15 is 0 Å². The Kier molecular flexibility index (Phi) is 6.89. The Hall–Kier alpha value is -1.08. The summed E-state index contributed by atoms with van der Waals surface area (Å²) in [7, 11) is 0. The molecule has 2 rings (SSSR count). The van der Waals surface area contributed by atoms with Gasteiger partial charge in [0.15, 0.2) is 0 Å². The van der Waals surface area contributed by atoms with Crippen LogP contribution in [0.5, 0.6) is 0 Å². The van der Waals surface area contributed by atoms with Crippen molar-refractivity contribution >= 4 is 0 Å². The zero-order chi connectivity index (χ0) is 16.7. The summed E-state index contributed by atoms with van der Waals surface area (Å²) in [5.41, 5.74) is 2.70. The monoisotopic (exact) mass is 316 g/mol. The first-order chi connectivity index (χ1) is 11.1. The Morgan fingerprint density at radius 3 is 2.39 bits per heavy atom. The summed E-state index contributed by atoms with van der Waals surface area (Å²) in [4.78, 5) is 5.21. The number of hydrogen-bond acceptors (Lipinski definition) is 3. The summed E-state index contributed by atoms with van der Waals surface area (Å²) in [6.07, 6.45) is 13.5. The topological polar surface area (TPSA) is 15.7 Å². The molecule has 0 bridgehead atoms. The van der Waals surface area contributed by atoms with E-state index in [-0.39, 0.29) is 0 Å². The van der Waals surface area contributed by atoms with Crippen LogP contribution in [-0.2, 0) is 4.74 Å². The molecule has 0 amide bonds. The van der Waals surface area contributed by atoms with Crippen molar-refractivity contribution in [2.75, 3.05) is 45.9 Å². The number of allylic oxidation sites excluding steroid dienone is 3. The Balaban J connectivity index is 1.93. The van der Waals surface area contributed by atoms with Crippen molar-refractivity contribution in [2.45, 2.75) is 45.6 Å². The van der Waals surface area contributed by atoms with Gasteiger partial charge in [0, 0.05) is 57.0 Å². The summed E-state index contributed by atoms with van der Waals surface area (Å²) in [5, 5.41) is 0. The number of rotatable bonds is 5. The molecule has 0 atom stereocenters. The van der Waals surface area contributed by atoms with Gasteiger partial charge in [-0.25, -0.2) is 0 Å². The largest absolute Gasteiger partial charge is 0.381 e. The lowest BCUT2D eigenvalue weighted by Crippen LogP contribution is -2.58. The average Bonchev–Trinajstić information content (AvgIpc) is 2.61. The Morgan fingerprint density at radius 1 is 1.22 bits per heavy atom. The fourth-order valence-electron chi connectivity index (χ4n) is 3.88. The van der Waals surface area contributed by atoms with Gasteiger partial charge in [0.25, 0.3) is 0 Å². The fraction of sp³-hybridized carbons (Fsp3) is 0.700. The van der Waals surface area contributed by atoms with Crippen LogP contribution < -0.4 is 0 Å². The van der Waals surface area contributed by atoms with E-state index in [1.54, 1.807) is 0 Å². The third-order valence-electron chi connectivity index (χ3n) is 5.57. The molecular formula is C20H32N2O. The molecule has 2 fully saturated rings. The molecule has 2 heterocycles. The fourth-order valence-corrected chi connectivity index (χ4v) is 3.88. The highest BCUT2D eigenvalue weighted by Gasteiger charge is 2.38. The van der Waals surface area contributed by atoms with E-state index in [1.807, 2.05) is 6.92 Å². The van der Waals surface area contributed by atoms with Crippen molar-refractivity contribution in [3.05, 3.63) is 23.3 Å². The molecule has 0 spiro atoms. The Labute approximate surface area is 142 Å². The van der Waals surface area contributed by atoms with Crippen LogP contribution in [0, 0.1) is 12.3 Å². The van der Waals surface area contributed by atoms with E-state index in [2.05, 4.69) is 41.7 Å². The molecule has 2 aliphatic rings. The minimum Gasteiger partial charge on any atom is -0.381 e. The highest BCUT2D eigenvalue weighted by atomic mass is 16.5. The molecule has 0 aromatic rings. The second-order valence-electron chi connectivity index (χ2n) is 6.76. The first kappa shape index (κ1) is 18.3. The number of piperazine rings is 1. The van der Waals surface area contributed by atoms with Crippen molar-refractivity contribution in [3.63, 3.8) is 0 Å². The Morgan fingerprint density at radius 2 is 1.87 bits per heavy atom. The standard InChI is InChI=1S/C20H32N2O/c1-5-8-18(4)19(6-2)17-21-11-13-22(14-12-21)20(7-3)9-15-23-16-10-20/h2,5,8H,7,9-17H2,1,3-4H3/b8-5-,19-18+. The molecule has 2 saturated heterocycles. The smallest absolute Gasteiger partial charge is 0.0483 e. The molecule has 3 heteroatoms. The van der Waals surface area contributed by atoms with Crippen LogP contribution in [0.1, 0.15) is 40.0 Å². The van der Waals surface area contributed by atoms with Crippen molar-refractivity contribution in [3.8, 4) is 12.3 Å². The lowest BCUT2D eigenvalue weighted by Gasteiger charge is -2.49. The van der Waals surface area contributed by atoms with Gasteiger partial charge >= 0.3 is 0 Å². The van der Waals surface area contributed by atoms with Gasteiger partial charge in [0.2, 0.25) is 0 Å². The third-order valence-corrected chi connectivity index (χ3v) is 5.57. The first-order valence-corrected chi connectivity index (χ1v) is 8.99. The minimum absolute atomic E-state index is 0.371. The van der Waals surface area contributed by atoms with Gasteiger partial charge in [-0.2, -0.15) is 0 Å². The van der Waals surface area contributed by atoms with E-state index in [1.165, 1.54) is 24.8 Å². The summed E-state index contributed by atoms with van der Waals surface area (Å²) < 4.78 is 5.58. The SMILES string of the molecule is C#C/C(CN1CCN(C2(CC)CCOCC2)CC1)=C(C)\C=C/C. The average molecular weight is 316 g/mol. The van der Waals surface area contributed by atoms with Gasteiger partial charge < -0.3 is 4.74 Å². The van der Waals surface area contributed by atoms with Gasteiger partial charge in [-0.3, -0.25) is 9.80 Å². The maximum atomic E-state index is 5.72. The van der Waals surface area contributed by atoms with Crippen LogP contribution in [0.15, 0.2) is 23.3 Å². The number of nitrogens with zero attached hydrogens (tertiary/aromatic N) is 2. The lowest BCUT2D eigenvalue weighted by molar-refractivity contribution is -0.0481. The van der Waals surface area contributed by atoms with Gasteiger partial charge in [-0.05, 0) is 38.7 Å². The molecule has 3 nitrogen and oxygen atoms in total. The van der Waals surface area contributed by atoms with E-state index < -0.39 is 0 Å². The molecule has 2 aliphatic heterocycles. The number of hydrogen-bond donors (Lipinski definition) is 0. The highest BCUT2D eigenvalue weighted by molar-refractivity contribution is 5.37. The first-order valence-electron chi connectivity index (χ1n) is 8.99. The molecular weight excluding hydrogens is 284 g/mol. The van der Waals surface area contributed by atoms with Crippen LogP contribution in [0.3, 0.4) is 0 Å². The zero-order valence-electron chi connectivity index (χ0n) is 15.1. The molecule has 128 valence electrons. The quantitative estimate of drug-likeness (QED) is 0.572. The summed E-state index contributed by atoms with van der Waals surface area (Å²) >= 11 is 0. The second kappa shape index (κ2) is 8.68. The number of ether oxygens (including phenoxy) is 1. The molecule has 0 aromatic heterocycles. The molecule has 0 aromatic carbocycles.